The molecule has 1 N–H and O–H groups in total. The van der Waals surface area contributed by atoms with Gasteiger partial charge in [-0.1, -0.05) is 11.6 Å². The molecule has 1 saturated heterocycles. The fourth-order valence-electron chi connectivity index (χ4n) is 2.98. The zero-order valence-corrected chi connectivity index (χ0v) is 14.8. The van der Waals surface area contributed by atoms with E-state index in [0.717, 1.165) is 18.0 Å². The van der Waals surface area contributed by atoms with Crippen molar-refractivity contribution in [2.45, 2.75) is 0 Å². The average molecular weight is 365 g/mol. The summed E-state index contributed by atoms with van der Waals surface area (Å²) in [4.78, 5) is 41.1. The summed E-state index contributed by atoms with van der Waals surface area (Å²) in [6, 6.07) is 6.08. The van der Waals surface area contributed by atoms with Gasteiger partial charge < -0.3 is 14.5 Å². The van der Waals surface area contributed by atoms with Gasteiger partial charge in [-0.15, -0.1) is 0 Å². The molecule has 0 bridgehead atoms. The number of likely N-dealkylation sites (N-methyl/N-ethyl adjacent to an activating group) is 1. The molecular weight excluding hydrogens is 346 g/mol. The number of nitrogens with one attached hydrogen (secondary N) is 1. The molecule has 2 aliphatic heterocycles. The molecule has 0 unspecified atom stereocenters. The Balaban J connectivity index is 1.84. The minimum absolute atomic E-state index is 0.0541. The van der Waals surface area contributed by atoms with Crippen molar-refractivity contribution in [3.63, 3.8) is 0 Å². The van der Waals surface area contributed by atoms with E-state index in [-0.39, 0.29) is 10.7 Å². The Hall–Kier alpha value is -2.38. The molecule has 2 heterocycles. The van der Waals surface area contributed by atoms with Crippen LogP contribution in [0.15, 0.2) is 35.0 Å². The van der Waals surface area contributed by atoms with Crippen molar-refractivity contribution in [2.75, 3.05) is 45.2 Å². The van der Waals surface area contributed by atoms with E-state index in [2.05, 4.69) is 11.8 Å². The van der Waals surface area contributed by atoms with E-state index in [1.807, 2.05) is 4.90 Å². The van der Waals surface area contributed by atoms with Gasteiger partial charge in [-0.05, 0) is 24.3 Å². The van der Waals surface area contributed by atoms with Crippen LogP contribution in [0.2, 0.25) is 0 Å². The summed E-state index contributed by atoms with van der Waals surface area (Å²) in [5.74, 6) is -1.46. The fourth-order valence-corrected chi connectivity index (χ4v) is 3.26. The maximum atomic E-state index is 12.8. The molecule has 8 heteroatoms. The van der Waals surface area contributed by atoms with Crippen molar-refractivity contribution in [3.8, 4) is 0 Å². The van der Waals surface area contributed by atoms with Gasteiger partial charge in [0.2, 0.25) is 0 Å². The highest BCUT2D eigenvalue weighted by molar-refractivity contribution is 6.52. The number of piperazine rings is 1. The highest BCUT2D eigenvalue weighted by Gasteiger charge is 2.42. The van der Waals surface area contributed by atoms with Crippen molar-refractivity contribution < 1.29 is 24.0 Å². The van der Waals surface area contributed by atoms with Gasteiger partial charge in [-0.25, -0.2) is 9.69 Å². The van der Waals surface area contributed by atoms with Gasteiger partial charge in [0, 0.05) is 0 Å². The summed E-state index contributed by atoms with van der Waals surface area (Å²) in [6.45, 7) is 3.10. The number of carbonyl (C=O) groups is 3. The number of hydrogen-bond donors (Lipinski definition) is 1. The summed E-state index contributed by atoms with van der Waals surface area (Å²) in [7, 11) is 3.38. The van der Waals surface area contributed by atoms with Crippen LogP contribution < -0.4 is 9.80 Å². The second-order valence-corrected chi connectivity index (χ2v) is 6.47. The van der Waals surface area contributed by atoms with Crippen molar-refractivity contribution in [1.29, 1.82) is 0 Å². The monoisotopic (exact) mass is 364 g/mol. The van der Waals surface area contributed by atoms with E-state index >= 15 is 0 Å². The number of quaternary nitrogens is 1. The first-order valence-corrected chi connectivity index (χ1v) is 8.35. The molecule has 7 nitrogen and oxygen atoms in total. The van der Waals surface area contributed by atoms with Crippen LogP contribution in [0.5, 0.6) is 0 Å². The van der Waals surface area contributed by atoms with Crippen LogP contribution >= 0.6 is 11.6 Å². The number of hydrogen-bond acceptors (Lipinski definition) is 5. The second-order valence-electron chi connectivity index (χ2n) is 6.09. The lowest BCUT2D eigenvalue weighted by Gasteiger charge is -2.31. The summed E-state index contributed by atoms with van der Waals surface area (Å²) in [5, 5.41) is -0.0541. The van der Waals surface area contributed by atoms with Gasteiger partial charge in [0.15, 0.2) is 0 Å². The first-order chi connectivity index (χ1) is 11.9. The van der Waals surface area contributed by atoms with Gasteiger partial charge >= 0.3 is 5.97 Å². The molecule has 1 fully saturated rings. The van der Waals surface area contributed by atoms with Crippen LogP contribution in [0.4, 0.5) is 5.69 Å². The Morgan fingerprint density at radius 3 is 2.28 bits per heavy atom. The molecule has 0 spiro atoms. The van der Waals surface area contributed by atoms with Crippen molar-refractivity contribution in [1.82, 2.24) is 4.90 Å². The minimum Gasteiger partial charge on any atom is -0.465 e. The molecule has 0 saturated carbocycles. The summed E-state index contributed by atoms with van der Waals surface area (Å²) in [6.07, 6.45) is 0. The number of rotatable bonds is 3. The van der Waals surface area contributed by atoms with Gasteiger partial charge in [0.1, 0.15) is 10.7 Å². The van der Waals surface area contributed by atoms with Gasteiger partial charge in [0.25, 0.3) is 11.8 Å². The Kier molecular flexibility index (Phi) is 4.78. The smallest absolute Gasteiger partial charge is 0.337 e. The number of halogens is 1. The number of esters is 1. The van der Waals surface area contributed by atoms with Gasteiger partial charge in [-0.3, -0.25) is 9.59 Å². The summed E-state index contributed by atoms with van der Waals surface area (Å²) < 4.78 is 4.64. The Labute approximate surface area is 150 Å². The fraction of sp³-hybridized carbons (Fsp3) is 0.353. The normalized spacial score (nSPS) is 19.0. The maximum absolute atomic E-state index is 12.8. The first-order valence-electron chi connectivity index (χ1n) is 7.97. The molecule has 0 aromatic heterocycles. The van der Waals surface area contributed by atoms with Crippen LogP contribution in [0.3, 0.4) is 0 Å². The van der Waals surface area contributed by atoms with Crippen molar-refractivity contribution in [3.05, 3.63) is 40.6 Å². The van der Waals surface area contributed by atoms with Crippen molar-refractivity contribution >= 4 is 35.1 Å². The second kappa shape index (κ2) is 6.85. The van der Waals surface area contributed by atoms with Crippen LogP contribution in [0.1, 0.15) is 10.4 Å². The van der Waals surface area contributed by atoms with Crippen LogP contribution in [0.25, 0.3) is 0 Å². The number of amides is 2. The topological polar surface area (TPSA) is 71.4 Å². The van der Waals surface area contributed by atoms with E-state index in [0.29, 0.717) is 24.3 Å². The molecule has 1 aromatic carbocycles. The quantitative estimate of drug-likeness (QED) is 0.585. The minimum atomic E-state index is -0.543. The molecule has 1 aromatic rings. The molecule has 0 atom stereocenters. The standard InChI is InChI=1S/C17H18ClN3O4/c1-19-7-9-20(10-8-19)14-13(18)15(22)21(16(14)23)12-5-3-11(4-6-12)17(24)25-2/h3-6H,7-10H2,1-2H3/p+1. The molecule has 0 radical (unpaired) electrons. The summed E-state index contributed by atoms with van der Waals surface area (Å²) >= 11 is 6.19. The molecule has 0 aliphatic carbocycles. The van der Waals surface area contributed by atoms with E-state index in [4.69, 9.17) is 11.6 Å². The largest absolute Gasteiger partial charge is 0.465 e. The molecule has 25 heavy (non-hydrogen) atoms. The zero-order valence-electron chi connectivity index (χ0n) is 14.0. The number of methoxy groups -OCH3 is 1. The highest BCUT2D eigenvalue weighted by Crippen LogP contribution is 2.31. The predicted molar refractivity (Wildman–Crippen MR) is 91.3 cm³/mol. The number of anilines is 1. The number of carbonyl (C=O) groups excluding carboxylic acids is 3. The predicted octanol–water partition coefficient (Wildman–Crippen LogP) is -0.373. The van der Waals surface area contributed by atoms with Crippen molar-refractivity contribution in [2.24, 2.45) is 0 Å². The number of imide groups is 1. The third kappa shape index (κ3) is 3.12. The van der Waals surface area contributed by atoms with E-state index < -0.39 is 17.8 Å². The zero-order chi connectivity index (χ0) is 18.1. The third-order valence-corrected chi connectivity index (χ3v) is 4.82. The van der Waals surface area contributed by atoms with Crippen LogP contribution in [-0.2, 0) is 14.3 Å². The highest BCUT2D eigenvalue weighted by atomic mass is 35.5. The number of nitrogens with zero attached hydrogens (tertiary/aromatic N) is 2. The Morgan fingerprint density at radius 2 is 1.72 bits per heavy atom. The molecule has 2 aliphatic rings. The molecule has 132 valence electrons. The van der Waals surface area contributed by atoms with E-state index in [1.165, 1.54) is 36.3 Å². The maximum Gasteiger partial charge on any atom is 0.337 e. The van der Waals surface area contributed by atoms with E-state index in [9.17, 15) is 14.4 Å². The number of benzene rings is 1. The SMILES string of the molecule is COC(=O)c1ccc(N2C(=O)C(Cl)=C(N3CC[NH+](C)CC3)C2=O)cc1. The van der Waals surface area contributed by atoms with Crippen LogP contribution in [0, 0.1) is 0 Å². The molecular formula is C17H19ClN3O4+. The number of ether oxygens (including phenoxy) is 1. The Bertz CT molecular complexity index is 752. The summed E-state index contributed by atoms with van der Waals surface area (Å²) in [5.41, 5.74) is 0.971. The lowest BCUT2D eigenvalue weighted by Crippen LogP contribution is -3.11. The molecule has 2 amide bonds. The average Bonchev–Trinajstić information content (AvgIpc) is 2.85. The first kappa shape index (κ1) is 17.4. The van der Waals surface area contributed by atoms with Gasteiger partial charge in [0.05, 0.1) is 51.6 Å². The Morgan fingerprint density at radius 1 is 1.12 bits per heavy atom. The lowest BCUT2D eigenvalue weighted by molar-refractivity contribution is -0.883. The van der Waals surface area contributed by atoms with E-state index in [1.54, 1.807) is 0 Å². The molecule has 3 rings (SSSR count). The van der Waals surface area contributed by atoms with Crippen LogP contribution in [-0.4, -0.2) is 63.0 Å². The van der Waals surface area contributed by atoms with Gasteiger partial charge in [-0.2, -0.15) is 0 Å². The third-order valence-electron chi connectivity index (χ3n) is 4.48. The lowest BCUT2D eigenvalue weighted by atomic mass is 10.2.